The molecule has 0 aromatic heterocycles. The number of ether oxygens (including phenoxy) is 3. The van der Waals surface area contributed by atoms with Gasteiger partial charge in [-0.3, -0.25) is 9.69 Å². The van der Waals surface area contributed by atoms with Crippen molar-refractivity contribution in [2.45, 2.75) is 63.4 Å². The van der Waals surface area contributed by atoms with Gasteiger partial charge >= 0.3 is 0 Å². The summed E-state index contributed by atoms with van der Waals surface area (Å²) in [6.07, 6.45) is 2.11. The number of ketones is 1. The van der Waals surface area contributed by atoms with E-state index in [2.05, 4.69) is 41.3 Å². The van der Waals surface area contributed by atoms with Crippen molar-refractivity contribution in [2.75, 3.05) is 13.2 Å². The molecule has 192 valence electrons. The molecule has 4 atom stereocenters. The van der Waals surface area contributed by atoms with Crippen molar-refractivity contribution < 1.29 is 19.0 Å². The highest BCUT2D eigenvalue weighted by Crippen LogP contribution is 2.58. The Morgan fingerprint density at radius 1 is 0.703 bits per heavy atom. The van der Waals surface area contributed by atoms with Crippen LogP contribution in [-0.2, 0) is 38.8 Å². The largest absolute Gasteiger partial charge is 0.375 e. The van der Waals surface area contributed by atoms with E-state index in [1.165, 1.54) is 0 Å². The van der Waals surface area contributed by atoms with Gasteiger partial charge in [0.05, 0.1) is 38.5 Å². The minimum absolute atomic E-state index is 0.0311. The van der Waals surface area contributed by atoms with E-state index in [4.69, 9.17) is 14.2 Å². The second kappa shape index (κ2) is 10.9. The van der Waals surface area contributed by atoms with Gasteiger partial charge in [-0.15, -0.1) is 0 Å². The average Bonchev–Trinajstić information content (AvgIpc) is 3.68. The van der Waals surface area contributed by atoms with Crippen molar-refractivity contribution in [1.29, 1.82) is 0 Å². The molecule has 0 N–H and O–H groups in total. The molecule has 0 amide bonds. The van der Waals surface area contributed by atoms with Crippen LogP contribution in [0.25, 0.3) is 0 Å². The van der Waals surface area contributed by atoms with Crippen LogP contribution < -0.4 is 0 Å². The first-order chi connectivity index (χ1) is 18.2. The number of rotatable bonds is 10. The summed E-state index contributed by atoms with van der Waals surface area (Å²) in [4.78, 5) is 15.7. The van der Waals surface area contributed by atoms with E-state index in [0.717, 1.165) is 36.1 Å². The zero-order valence-corrected chi connectivity index (χ0v) is 21.2. The molecular weight excluding hydrogens is 462 g/mol. The number of carbonyl (C=O) groups excluding carboxylic acids is 1. The first-order valence-electron chi connectivity index (χ1n) is 13.5. The maximum Gasteiger partial charge on any atom is 0.141 e. The molecule has 0 radical (unpaired) electrons. The molecule has 37 heavy (non-hydrogen) atoms. The summed E-state index contributed by atoms with van der Waals surface area (Å²) >= 11 is 0. The highest BCUT2D eigenvalue weighted by molar-refractivity contribution is 5.89. The van der Waals surface area contributed by atoms with E-state index in [1.807, 2.05) is 54.6 Å². The van der Waals surface area contributed by atoms with E-state index >= 15 is 0 Å². The third-order valence-corrected chi connectivity index (χ3v) is 8.28. The summed E-state index contributed by atoms with van der Waals surface area (Å²) in [5, 5.41) is 0. The molecule has 2 aliphatic heterocycles. The molecule has 1 saturated carbocycles. The monoisotopic (exact) mass is 497 g/mol. The lowest BCUT2D eigenvalue weighted by atomic mass is 9.83. The number of Topliss-reactive ketones (excluding diaryl/α,β-unsaturated/α-hetero) is 1. The number of hydrogen-bond donors (Lipinski definition) is 0. The van der Waals surface area contributed by atoms with Gasteiger partial charge in [0.15, 0.2) is 0 Å². The molecule has 5 nitrogen and oxygen atoms in total. The lowest BCUT2D eigenvalue weighted by Gasteiger charge is -2.40. The van der Waals surface area contributed by atoms with Crippen LogP contribution in [0.15, 0.2) is 91.0 Å². The van der Waals surface area contributed by atoms with Crippen molar-refractivity contribution in [1.82, 2.24) is 4.90 Å². The van der Waals surface area contributed by atoms with Crippen LogP contribution in [0.1, 0.15) is 36.0 Å². The lowest BCUT2D eigenvalue weighted by molar-refractivity contribution is -0.135. The van der Waals surface area contributed by atoms with Crippen molar-refractivity contribution in [3.8, 4) is 0 Å². The summed E-state index contributed by atoms with van der Waals surface area (Å²) < 4.78 is 19.7. The molecule has 1 spiro atoms. The fourth-order valence-corrected chi connectivity index (χ4v) is 6.26. The Balaban J connectivity index is 1.26. The number of nitrogens with zero attached hydrogens (tertiary/aromatic N) is 1. The molecule has 3 fully saturated rings. The first kappa shape index (κ1) is 24.5. The predicted octanol–water partition coefficient (Wildman–Crippen LogP) is 5.18. The number of carbonyl (C=O) groups is 1. The third kappa shape index (κ3) is 5.14. The predicted molar refractivity (Wildman–Crippen MR) is 142 cm³/mol. The normalized spacial score (nSPS) is 26.3. The maximum absolute atomic E-state index is 13.2. The molecule has 3 aromatic rings. The van der Waals surface area contributed by atoms with Gasteiger partial charge in [0.2, 0.25) is 0 Å². The highest BCUT2D eigenvalue weighted by atomic mass is 16.5. The SMILES string of the molecule is O=C1CCN2[C@H](COCc3ccccc3)[C@@H](OCc3ccccc3)[C@H](OCc3ccccc3)[C@@H]2C12CC2. The molecule has 5 heteroatoms. The van der Waals surface area contributed by atoms with Gasteiger partial charge in [0, 0.05) is 18.4 Å². The van der Waals surface area contributed by atoms with E-state index in [-0.39, 0.29) is 29.7 Å². The summed E-state index contributed by atoms with van der Waals surface area (Å²) in [6.45, 7) is 2.85. The van der Waals surface area contributed by atoms with Gasteiger partial charge in [0.25, 0.3) is 0 Å². The number of hydrogen-bond acceptors (Lipinski definition) is 5. The maximum atomic E-state index is 13.2. The Kier molecular flexibility index (Phi) is 7.21. The molecule has 2 saturated heterocycles. The smallest absolute Gasteiger partial charge is 0.141 e. The molecule has 0 bridgehead atoms. The standard InChI is InChI=1S/C32H35NO4/c34-28-16-19-33-27(23-35-20-24-10-4-1-5-11-24)29(36-21-25-12-6-2-7-13-25)30(31(33)32(28)17-18-32)37-22-26-14-8-3-9-15-26/h1-15,27,29-31H,16-23H2/t27-,29-,30+,31-/m1/s1. The van der Waals surface area contributed by atoms with Crippen LogP contribution in [-0.4, -0.2) is 48.1 Å². The van der Waals surface area contributed by atoms with E-state index < -0.39 is 0 Å². The van der Waals surface area contributed by atoms with E-state index in [0.29, 0.717) is 38.6 Å². The molecular formula is C32H35NO4. The van der Waals surface area contributed by atoms with E-state index in [1.54, 1.807) is 0 Å². The summed E-state index contributed by atoms with van der Waals surface area (Å²) in [5.41, 5.74) is 3.13. The van der Waals surface area contributed by atoms with Crippen LogP contribution in [0.2, 0.25) is 0 Å². The molecule has 3 aromatic carbocycles. The van der Waals surface area contributed by atoms with Crippen molar-refractivity contribution in [3.05, 3.63) is 108 Å². The minimum atomic E-state index is -0.290. The quantitative estimate of drug-likeness (QED) is 0.386. The third-order valence-electron chi connectivity index (χ3n) is 8.28. The number of piperidine rings is 1. The van der Waals surface area contributed by atoms with Crippen LogP contribution in [0.4, 0.5) is 0 Å². The lowest BCUT2D eigenvalue weighted by Crippen LogP contribution is -2.54. The second-order valence-electron chi connectivity index (χ2n) is 10.6. The minimum Gasteiger partial charge on any atom is -0.375 e. The van der Waals surface area contributed by atoms with Crippen LogP contribution in [0.3, 0.4) is 0 Å². The Morgan fingerprint density at radius 2 is 1.22 bits per heavy atom. The topological polar surface area (TPSA) is 48.0 Å². The Bertz CT molecular complexity index is 1170. The van der Waals surface area contributed by atoms with Crippen LogP contribution in [0, 0.1) is 5.41 Å². The van der Waals surface area contributed by atoms with Gasteiger partial charge in [-0.1, -0.05) is 91.0 Å². The summed E-state index contributed by atoms with van der Waals surface area (Å²) in [5.74, 6) is 0.398. The number of benzene rings is 3. The van der Waals surface area contributed by atoms with Gasteiger partial charge in [0.1, 0.15) is 18.0 Å². The van der Waals surface area contributed by atoms with Gasteiger partial charge in [-0.25, -0.2) is 0 Å². The van der Waals surface area contributed by atoms with Crippen molar-refractivity contribution in [2.24, 2.45) is 5.41 Å². The van der Waals surface area contributed by atoms with Gasteiger partial charge < -0.3 is 14.2 Å². The molecule has 1 aliphatic carbocycles. The average molecular weight is 498 g/mol. The Hall–Kier alpha value is -2.83. The zero-order chi connectivity index (χ0) is 25.1. The molecule has 2 heterocycles. The van der Waals surface area contributed by atoms with Crippen molar-refractivity contribution >= 4 is 5.78 Å². The summed E-state index contributed by atoms with van der Waals surface area (Å²) in [6, 6.07) is 30.9. The molecule has 6 rings (SSSR count). The highest BCUT2D eigenvalue weighted by Gasteiger charge is 2.67. The summed E-state index contributed by atoms with van der Waals surface area (Å²) in [7, 11) is 0. The van der Waals surface area contributed by atoms with E-state index in [9.17, 15) is 4.79 Å². The Labute approximate surface area is 219 Å². The molecule has 3 aliphatic rings. The second-order valence-corrected chi connectivity index (χ2v) is 10.6. The van der Waals surface area contributed by atoms with Crippen molar-refractivity contribution in [3.63, 3.8) is 0 Å². The fourth-order valence-electron chi connectivity index (χ4n) is 6.26. The van der Waals surface area contributed by atoms with Gasteiger partial charge in [-0.2, -0.15) is 0 Å². The Morgan fingerprint density at radius 3 is 1.76 bits per heavy atom. The fraction of sp³-hybridized carbons (Fsp3) is 0.406. The van der Waals surface area contributed by atoms with Crippen LogP contribution in [0.5, 0.6) is 0 Å². The first-order valence-corrected chi connectivity index (χ1v) is 13.5. The zero-order valence-electron chi connectivity index (χ0n) is 21.2. The molecule has 0 unspecified atom stereocenters. The van der Waals surface area contributed by atoms with Crippen LogP contribution >= 0.6 is 0 Å². The van der Waals surface area contributed by atoms with Gasteiger partial charge in [-0.05, 0) is 29.5 Å². The number of fused-ring (bicyclic) bond motifs is 2.